The van der Waals surface area contributed by atoms with Gasteiger partial charge in [0.2, 0.25) is 5.91 Å². The highest BCUT2D eigenvalue weighted by Crippen LogP contribution is 2.13. The molecular formula is C11H14N2O2. The van der Waals surface area contributed by atoms with Gasteiger partial charge in [-0.25, -0.2) is 4.98 Å². The second-order valence-electron chi connectivity index (χ2n) is 3.29. The molecule has 1 N–H and O–H groups in total. The van der Waals surface area contributed by atoms with Gasteiger partial charge < -0.3 is 5.32 Å². The predicted molar refractivity (Wildman–Crippen MR) is 57.9 cm³/mol. The van der Waals surface area contributed by atoms with Crippen molar-refractivity contribution < 1.29 is 9.59 Å². The highest BCUT2D eigenvalue weighted by atomic mass is 16.1. The molecule has 0 aromatic carbocycles. The number of rotatable bonds is 3. The monoisotopic (exact) mass is 206 g/mol. The summed E-state index contributed by atoms with van der Waals surface area (Å²) in [5, 5.41) is 2.71. The van der Waals surface area contributed by atoms with E-state index in [1.165, 1.54) is 6.92 Å². The molecule has 0 aliphatic rings. The minimum absolute atomic E-state index is 0.0597. The molecule has 80 valence electrons. The largest absolute Gasteiger partial charge is 0.325 e. The quantitative estimate of drug-likeness (QED) is 0.769. The molecule has 1 rings (SSSR count). The molecule has 1 aromatic heterocycles. The summed E-state index contributed by atoms with van der Waals surface area (Å²) in [5.74, 6) is -0.137. The van der Waals surface area contributed by atoms with Gasteiger partial charge in [-0.05, 0) is 19.1 Å². The van der Waals surface area contributed by atoms with E-state index in [-0.39, 0.29) is 11.7 Å². The van der Waals surface area contributed by atoms with Crippen LogP contribution in [0, 0.1) is 6.92 Å². The number of anilines is 1. The maximum absolute atomic E-state index is 11.1. The lowest BCUT2D eigenvalue weighted by molar-refractivity contribution is -0.115. The van der Waals surface area contributed by atoms with Crippen molar-refractivity contribution in [2.75, 3.05) is 5.32 Å². The van der Waals surface area contributed by atoms with Crippen molar-refractivity contribution in [2.45, 2.75) is 27.2 Å². The van der Waals surface area contributed by atoms with Crippen LogP contribution in [-0.2, 0) is 4.79 Å². The number of carbonyl (C=O) groups excluding carboxylic acids is 2. The van der Waals surface area contributed by atoms with Gasteiger partial charge in [0.25, 0.3) is 0 Å². The van der Waals surface area contributed by atoms with Gasteiger partial charge in [0, 0.05) is 13.3 Å². The minimum atomic E-state index is -0.0773. The molecule has 0 aliphatic carbocycles. The molecule has 1 heterocycles. The van der Waals surface area contributed by atoms with Crippen LogP contribution >= 0.6 is 0 Å². The van der Waals surface area contributed by atoms with Gasteiger partial charge >= 0.3 is 0 Å². The third-order valence-electron chi connectivity index (χ3n) is 2.04. The zero-order valence-electron chi connectivity index (χ0n) is 9.13. The summed E-state index contributed by atoms with van der Waals surface area (Å²) in [6.07, 6.45) is 0.425. The lowest BCUT2D eigenvalue weighted by Crippen LogP contribution is -2.12. The topological polar surface area (TPSA) is 59.1 Å². The van der Waals surface area contributed by atoms with Crippen molar-refractivity contribution in [1.82, 2.24) is 4.98 Å². The number of Topliss-reactive ketones (excluding diaryl/α,β-unsaturated/α-hetero) is 1. The average molecular weight is 206 g/mol. The van der Waals surface area contributed by atoms with Crippen molar-refractivity contribution in [3.05, 3.63) is 23.5 Å². The summed E-state index contributed by atoms with van der Waals surface area (Å²) >= 11 is 0. The molecule has 0 unspecified atom stereocenters. The van der Waals surface area contributed by atoms with Crippen molar-refractivity contribution in [3.63, 3.8) is 0 Å². The van der Waals surface area contributed by atoms with E-state index < -0.39 is 0 Å². The number of hydrogen-bond donors (Lipinski definition) is 1. The van der Waals surface area contributed by atoms with Gasteiger partial charge in [0.05, 0.1) is 11.4 Å². The predicted octanol–water partition coefficient (Wildman–Crippen LogP) is 1.94. The van der Waals surface area contributed by atoms with Crippen LogP contribution in [0.25, 0.3) is 0 Å². The van der Waals surface area contributed by atoms with Crippen molar-refractivity contribution in [3.8, 4) is 0 Å². The van der Waals surface area contributed by atoms with Crippen LogP contribution in [0.5, 0.6) is 0 Å². The molecule has 0 aliphatic heterocycles. The molecule has 1 aromatic rings. The molecule has 0 radical (unpaired) electrons. The number of ketones is 1. The van der Waals surface area contributed by atoms with E-state index >= 15 is 0 Å². The number of aryl methyl sites for hydroxylation is 1. The van der Waals surface area contributed by atoms with E-state index in [9.17, 15) is 9.59 Å². The summed E-state index contributed by atoms with van der Waals surface area (Å²) in [6, 6.07) is 3.31. The summed E-state index contributed by atoms with van der Waals surface area (Å²) < 4.78 is 0. The Labute approximate surface area is 88.7 Å². The van der Waals surface area contributed by atoms with E-state index in [0.717, 1.165) is 0 Å². The molecule has 0 fully saturated rings. The first-order valence-corrected chi connectivity index (χ1v) is 4.83. The van der Waals surface area contributed by atoms with Gasteiger partial charge in [-0.3, -0.25) is 9.59 Å². The highest BCUT2D eigenvalue weighted by Gasteiger charge is 2.06. The molecule has 0 atom stereocenters. The molecule has 0 bridgehead atoms. The van der Waals surface area contributed by atoms with Gasteiger partial charge in [0.1, 0.15) is 5.69 Å². The molecule has 0 saturated heterocycles. The first-order chi connectivity index (χ1) is 7.04. The maximum Gasteiger partial charge on any atom is 0.224 e. The number of pyridine rings is 1. The van der Waals surface area contributed by atoms with E-state index in [4.69, 9.17) is 0 Å². The zero-order valence-corrected chi connectivity index (χ0v) is 9.13. The van der Waals surface area contributed by atoms with E-state index in [1.807, 2.05) is 0 Å². The number of carbonyl (C=O) groups is 2. The molecule has 4 heteroatoms. The van der Waals surface area contributed by atoms with Crippen LogP contribution in [0.3, 0.4) is 0 Å². The van der Waals surface area contributed by atoms with Crippen molar-refractivity contribution >= 4 is 17.4 Å². The summed E-state index contributed by atoms with van der Waals surface area (Å²) in [6.45, 7) is 5.01. The SMILES string of the molecule is CCC(=O)Nc1ccc(C(C)=O)nc1C. The lowest BCUT2D eigenvalue weighted by atomic mass is 10.2. The Bertz CT molecular complexity index is 400. The van der Waals surface area contributed by atoms with E-state index in [2.05, 4.69) is 10.3 Å². The normalized spacial score (nSPS) is 9.80. The number of amides is 1. The maximum atomic E-state index is 11.1. The Kier molecular flexibility index (Phi) is 3.55. The summed E-state index contributed by atoms with van der Waals surface area (Å²) in [5.41, 5.74) is 1.73. The number of aromatic nitrogens is 1. The molecule has 15 heavy (non-hydrogen) atoms. The third kappa shape index (κ3) is 2.87. The Morgan fingerprint density at radius 3 is 2.53 bits per heavy atom. The molecule has 4 nitrogen and oxygen atoms in total. The van der Waals surface area contributed by atoms with Crippen LogP contribution in [0.4, 0.5) is 5.69 Å². The number of nitrogens with one attached hydrogen (secondary N) is 1. The lowest BCUT2D eigenvalue weighted by Gasteiger charge is -2.07. The highest BCUT2D eigenvalue weighted by molar-refractivity contribution is 5.94. The fraction of sp³-hybridized carbons (Fsp3) is 0.364. The fourth-order valence-corrected chi connectivity index (χ4v) is 1.13. The van der Waals surface area contributed by atoms with Gasteiger partial charge in [0.15, 0.2) is 5.78 Å². The molecule has 1 amide bonds. The number of hydrogen-bond acceptors (Lipinski definition) is 3. The van der Waals surface area contributed by atoms with Crippen LogP contribution < -0.4 is 5.32 Å². The minimum Gasteiger partial charge on any atom is -0.325 e. The summed E-state index contributed by atoms with van der Waals surface area (Å²) in [7, 11) is 0. The standard InChI is InChI=1S/C11H14N2O2/c1-4-11(15)13-9-5-6-10(8(3)14)12-7(9)2/h5-6H,4H2,1-3H3,(H,13,15). The smallest absolute Gasteiger partial charge is 0.224 e. The number of nitrogens with zero attached hydrogens (tertiary/aromatic N) is 1. The average Bonchev–Trinajstić information content (AvgIpc) is 2.20. The van der Waals surface area contributed by atoms with Crippen LogP contribution in [0.1, 0.15) is 36.5 Å². The summed E-state index contributed by atoms with van der Waals surface area (Å²) in [4.78, 5) is 26.3. The first kappa shape index (κ1) is 11.4. The second kappa shape index (κ2) is 4.68. The molecule has 0 spiro atoms. The fourth-order valence-electron chi connectivity index (χ4n) is 1.13. The Morgan fingerprint density at radius 1 is 1.40 bits per heavy atom. The van der Waals surface area contributed by atoms with Crippen LogP contribution in [0.2, 0.25) is 0 Å². The van der Waals surface area contributed by atoms with E-state index in [1.54, 1.807) is 26.0 Å². The second-order valence-corrected chi connectivity index (χ2v) is 3.29. The zero-order chi connectivity index (χ0) is 11.4. The van der Waals surface area contributed by atoms with Crippen LogP contribution in [0.15, 0.2) is 12.1 Å². The van der Waals surface area contributed by atoms with Crippen LogP contribution in [-0.4, -0.2) is 16.7 Å². The molecule has 0 saturated carbocycles. The Hall–Kier alpha value is -1.71. The van der Waals surface area contributed by atoms with Gasteiger partial charge in [-0.2, -0.15) is 0 Å². The van der Waals surface area contributed by atoms with Crippen molar-refractivity contribution in [1.29, 1.82) is 0 Å². The third-order valence-corrected chi connectivity index (χ3v) is 2.04. The Morgan fingerprint density at radius 2 is 2.07 bits per heavy atom. The first-order valence-electron chi connectivity index (χ1n) is 4.83. The van der Waals surface area contributed by atoms with Crippen molar-refractivity contribution in [2.24, 2.45) is 0 Å². The van der Waals surface area contributed by atoms with E-state index in [0.29, 0.717) is 23.5 Å². The van der Waals surface area contributed by atoms with Gasteiger partial charge in [-0.1, -0.05) is 6.92 Å². The van der Waals surface area contributed by atoms with Gasteiger partial charge in [-0.15, -0.1) is 0 Å². The Balaban J connectivity index is 2.93. The molecular weight excluding hydrogens is 192 g/mol.